The molecule has 0 aromatic carbocycles. The number of rotatable bonds is 4. The molecule has 0 saturated carbocycles. The molecule has 0 fully saturated rings. The lowest BCUT2D eigenvalue weighted by Gasteiger charge is -2.19. The second-order valence-electron chi connectivity index (χ2n) is 5.85. The minimum absolute atomic E-state index is 0.295. The van der Waals surface area contributed by atoms with Gasteiger partial charge in [-0.05, 0) is 26.0 Å². The van der Waals surface area contributed by atoms with Crippen molar-refractivity contribution >= 4 is 34.1 Å². The van der Waals surface area contributed by atoms with Crippen molar-refractivity contribution in [2.75, 3.05) is 12.8 Å². The molecule has 3 heterocycles. The van der Waals surface area contributed by atoms with Crippen LogP contribution in [0, 0.1) is 0 Å². The highest BCUT2D eigenvalue weighted by atomic mass is 16.6. The van der Waals surface area contributed by atoms with E-state index in [-0.39, 0.29) is 0 Å². The molecule has 3 aromatic heterocycles. The monoisotopic (exact) mass is 314 g/mol. The van der Waals surface area contributed by atoms with Crippen LogP contribution in [-0.4, -0.2) is 43.6 Å². The largest absolute Gasteiger partial charge is 0.399 e. The normalized spacial score (nSPS) is 12.5. The first kappa shape index (κ1) is 15.2. The number of hydrogen-bond acceptors (Lipinski definition) is 7. The number of aliphatic hydroxyl groups is 1. The molecule has 23 heavy (non-hydrogen) atoms. The molecule has 8 heteroatoms. The van der Waals surface area contributed by atoms with Gasteiger partial charge in [-0.2, -0.15) is 0 Å². The van der Waals surface area contributed by atoms with Crippen LogP contribution in [-0.2, 0) is 11.4 Å². The molecular weight excluding hydrogens is 296 g/mol. The molecule has 120 valence electrons. The van der Waals surface area contributed by atoms with Crippen molar-refractivity contribution in [2.24, 2.45) is 5.16 Å². The predicted molar refractivity (Wildman–Crippen MR) is 88.1 cm³/mol. The summed E-state index contributed by atoms with van der Waals surface area (Å²) in [7, 11) is 1.45. The third kappa shape index (κ3) is 2.80. The van der Waals surface area contributed by atoms with E-state index in [2.05, 4.69) is 20.1 Å². The predicted octanol–water partition coefficient (Wildman–Crippen LogP) is 1.31. The van der Waals surface area contributed by atoms with Crippen molar-refractivity contribution in [3.8, 4) is 0 Å². The van der Waals surface area contributed by atoms with Gasteiger partial charge in [-0.1, -0.05) is 5.16 Å². The van der Waals surface area contributed by atoms with Crippen molar-refractivity contribution in [1.29, 1.82) is 0 Å². The van der Waals surface area contributed by atoms with E-state index in [4.69, 9.17) is 10.6 Å². The van der Waals surface area contributed by atoms with Crippen LogP contribution in [0.3, 0.4) is 0 Å². The van der Waals surface area contributed by atoms with E-state index < -0.39 is 5.60 Å². The Morgan fingerprint density at radius 1 is 1.39 bits per heavy atom. The van der Waals surface area contributed by atoms with Crippen LogP contribution >= 0.6 is 0 Å². The first-order chi connectivity index (χ1) is 10.9. The molecule has 0 aliphatic heterocycles. The van der Waals surface area contributed by atoms with E-state index >= 15 is 0 Å². The molecule has 0 aliphatic rings. The highest BCUT2D eigenvalue weighted by Gasteiger charge is 2.22. The van der Waals surface area contributed by atoms with Gasteiger partial charge in [0.15, 0.2) is 11.6 Å². The summed E-state index contributed by atoms with van der Waals surface area (Å²) < 4.78 is 1.82. The molecule has 0 aliphatic carbocycles. The zero-order valence-electron chi connectivity index (χ0n) is 13.2. The van der Waals surface area contributed by atoms with E-state index in [1.807, 2.05) is 10.6 Å². The fourth-order valence-corrected chi connectivity index (χ4v) is 2.49. The van der Waals surface area contributed by atoms with Gasteiger partial charge in [-0.25, -0.2) is 9.97 Å². The number of pyridine rings is 2. The van der Waals surface area contributed by atoms with Crippen molar-refractivity contribution in [3.05, 3.63) is 24.2 Å². The van der Waals surface area contributed by atoms with Gasteiger partial charge in [0.2, 0.25) is 0 Å². The first-order valence-electron chi connectivity index (χ1n) is 7.10. The summed E-state index contributed by atoms with van der Waals surface area (Å²) in [6.45, 7) is 3.73. The Bertz CT molecular complexity index is 894. The number of nitrogens with two attached hydrogens (primary N) is 1. The summed E-state index contributed by atoms with van der Waals surface area (Å²) in [6, 6.07) is 3.63. The molecule has 0 atom stereocenters. The van der Waals surface area contributed by atoms with E-state index in [0.717, 1.165) is 0 Å². The Labute approximate surface area is 132 Å². The average Bonchev–Trinajstić information content (AvgIpc) is 2.83. The van der Waals surface area contributed by atoms with Gasteiger partial charge < -0.3 is 20.2 Å². The Balaban J connectivity index is 2.40. The Kier molecular flexibility index (Phi) is 3.61. The number of anilines is 1. The van der Waals surface area contributed by atoms with Crippen LogP contribution in [0.15, 0.2) is 23.5 Å². The summed E-state index contributed by atoms with van der Waals surface area (Å²) in [5.74, 6) is 0.817. The minimum Gasteiger partial charge on any atom is -0.399 e. The maximum atomic E-state index is 10.2. The molecule has 0 amide bonds. The molecule has 0 saturated heterocycles. The lowest BCUT2D eigenvalue weighted by atomic mass is 10.1. The third-order valence-electron chi connectivity index (χ3n) is 3.31. The molecule has 0 radical (unpaired) electrons. The van der Waals surface area contributed by atoms with E-state index in [1.165, 1.54) is 13.3 Å². The molecule has 3 N–H and O–H groups in total. The highest BCUT2D eigenvalue weighted by Crippen LogP contribution is 2.28. The molecule has 0 bridgehead atoms. The van der Waals surface area contributed by atoms with Crippen LogP contribution < -0.4 is 5.73 Å². The van der Waals surface area contributed by atoms with E-state index in [0.29, 0.717) is 40.3 Å². The standard InChI is InChI=1S/C15H18N6O2/c1-15(2,22)8-21-10(7-18-23-3)20-12-13(21)11-9(19-14(12)16)5-4-6-17-11/h4-7,22H,8H2,1-3H3,(H2,16,19)/b18-7+. The van der Waals surface area contributed by atoms with Gasteiger partial charge in [0.25, 0.3) is 0 Å². The zero-order chi connectivity index (χ0) is 16.6. The van der Waals surface area contributed by atoms with Crippen LogP contribution in [0.25, 0.3) is 22.1 Å². The average molecular weight is 314 g/mol. The van der Waals surface area contributed by atoms with Gasteiger partial charge in [0, 0.05) is 6.20 Å². The van der Waals surface area contributed by atoms with Gasteiger partial charge in [0.1, 0.15) is 29.9 Å². The lowest BCUT2D eigenvalue weighted by molar-refractivity contribution is 0.0625. The van der Waals surface area contributed by atoms with Crippen LogP contribution in [0.5, 0.6) is 0 Å². The summed E-state index contributed by atoms with van der Waals surface area (Å²) in [4.78, 5) is 17.9. The van der Waals surface area contributed by atoms with Crippen molar-refractivity contribution in [2.45, 2.75) is 26.0 Å². The number of nitrogen functional groups attached to an aromatic ring is 1. The number of aromatic nitrogens is 4. The maximum absolute atomic E-state index is 10.2. The second kappa shape index (κ2) is 5.47. The minimum atomic E-state index is -0.956. The van der Waals surface area contributed by atoms with Gasteiger partial charge in [-0.15, -0.1) is 0 Å². The number of imidazole rings is 1. The zero-order valence-corrected chi connectivity index (χ0v) is 13.2. The second-order valence-corrected chi connectivity index (χ2v) is 5.85. The Morgan fingerprint density at radius 3 is 2.87 bits per heavy atom. The van der Waals surface area contributed by atoms with Crippen molar-refractivity contribution in [3.63, 3.8) is 0 Å². The van der Waals surface area contributed by atoms with Gasteiger partial charge in [0.05, 0.1) is 17.7 Å². The molecular formula is C15H18N6O2. The van der Waals surface area contributed by atoms with Crippen LogP contribution in [0.4, 0.5) is 5.82 Å². The van der Waals surface area contributed by atoms with Crippen LogP contribution in [0.2, 0.25) is 0 Å². The summed E-state index contributed by atoms with van der Waals surface area (Å²) in [5.41, 5.74) is 7.67. The highest BCUT2D eigenvalue weighted by molar-refractivity contribution is 6.05. The van der Waals surface area contributed by atoms with Crippen molar-refractivity contribution < 1.29 is 9.94 Å². The Hall–Kier alpha value is -2.74. The number of oxime groups is 1. The van der Waals surface area contributed by atoms with Crippen molar-refractivity contribution in [1.82, 2.24) is 19.5 Å². The summed E-state index contributed by atoms with van der Waals surface area (Å²) in [5, 5.41) is 14.0. The van der Waals surface area contributed by atoms with Gasteiger partial charge >= 0.3 is 0 Å². The van der Waals surface area contributed by atoms with Gasteiger partial charge in [-0.3, -0.25) is 4.98 Å². The lowest BCUT2D eigenvalue weighted by Crippen LogP contribution is -2.27. The number of nitrogens with zero attached hydrogens (tertiary/aromatic N) is 5. The maximum Gasteiger partial charge on any atom is 0.156 e. The summed E-state index contributed by atoms with van der Waals surface area (Å²) in [6.07, 6.45) is 3.16. The molecule has 3 rings (SSSR count). The fraction of sp³-hybridized carbons (Fsp3) is 0.333. The van der Waals surface area contributed by atoms with Crippen LogP contribution in [0.1, 0.15) is 19.7 Å². The number of hydrogen-bond donors (Lipinski definition) is 2. The molecule has 3 aromatic rings. The summed E-state index contributed by atoms with van der Waals surface area (Å²) >= 11 is 0. The third-order valence-corrected chi connectivity index (χ3v) is 3.31. The first-order valence-corrected chi connectivity index (χ1v) is 7.10. The smallest absolute Gasteiger partial charge is 0.156 e. The molecule has 0 unspecified atom stereocenters. The SMILES string of the molecule is CO/N=C/c1nc2c(N)nc3cccnc3c2n1CC(C)(C)O. The fourth-order valence-electron chi connectivity index (χ4n) is 2.49. The van der Waals surface area contributed by atoms with E-state index in [9.17, 15) is 5.11 Å². The Morgan fingerprint density at radius 2 is 2.17 bits per heavy atom. The quantitative estimate of drug-likeness (QED) is 0.555. The molecule has 0 spiro atoms. The topological polar surface area (TPSA) is 111 Å². The molecule has 8 nitrogen and oxygen atoms in total. The number of fused-ring (bicyclic) bond motifs is 3. The van der Waals surface area contributed by atoms with E-state index in [1.54, 1.807) is 26.1 Å².